The topological polar surface area (TPSA) is 81.8 Å². The quantitative estimate of drug-likeness (QED) is 0.764. The Morgan fingerprint density at radius 1 is 1.19 bits per heavy atom. The summed E-state index contributed by atoms with van der Waals surface area (Å²) in [5.41, 5.74) is 0.953. The van der Waals surface area contributed by atoms with Crippen LogP contribution in [0.1, 0.15) is 24.3 Å². The molecule has 3 rings (SSSR count). The molecule has 140 valence electrons. The Labute approximate surface area is 161 Å². The van der Waals surface area contributed by atoms with E-state index in [1.165, 1.54) is 0 Å². The maximum Gasteiger partial charge on any atom is 0.324 e. The highest BCUT2D eigenvalue weighted by atomic mass is 35.5. The summed E-state index contributed by atoms with van der Waals surface area (Å²) in [6, 6.07) is 4.87. The molecule has 2 aliphatic rings. The largest absolute Gasteiger partial charge is 0.336 e. The van der Waals surface area contributed by atoms with Crippen molar-refractivity contribution >= 4 is 41.2 Å². The Balaban J connectivity index is 1.46. The molecular formula is C17H20Cl2N4O3. The molecule has 2 aliphatic heterocycles. The van der Waals surface area contributed by atoms with Gasteiger partial charge in [-0.15, -0.1) is 0 Å². The number of carbonyl (C=O) groups is 3. The molecule has 26 heavy (non-hydrogen) atoms. The molecule has 0 aliphatic carbocycles. The summed E-state index contributed by atoms with van der Waals surface area (Å²) in [6.45, 7) is 1.61. The fourth-order valence-corrected chi connectivity index (χ4v) is 4.05. The third kappa shape index (κ3) is 4.04. The highest BCUT2D eigenvalue weighted by Crippen LogP contribution is 2.37. The third-order valence-corrected chi connectivity index (χ3v) is 5.40. The van der Waals surface area contributed by atoms with Gasteiger partial charge in [0.05, 0.1) is 6.54 Å². The van der Waals surface area contributed by atoms with Crippen LogP contribution < -0.4 is 10.6 Å². The van der Waals surface area contributed by atoms with E-state index in [1.54, 1.807) is 4.90 Å². The zero-order chi connectivity index (χ0) is 18.7. The van der Waals surface area contributed by atoms with Crippen molar-refractivity contribution in [3.63, 3.8) is 0 Å². The molecule has 7 nitrogen and oxygen atoms in total. The van der Waals surface area contributed by atoms with Crippen LogP contribution in [0.3, 0.4) is 0 Å². The Morgan fingerprint density at radius 2 is 1.85 bits per heavy atom. The lowest BCUT2D eigenvalue weighted by atomic mass is 9.89. The maximum absolute atomic E-state index is 12.3. The van der Waals surface area contributed by atoms with Crippen molar-refractivity contribution in [1.29, 1.82) is 0 Å². The van der Waals surface area contributed by atoms with Crippen LogP contribution in [-0.2, 0) is 4.79 Å². The van der Waals surface area contributed by atoms with Crippen molar-refractivity contribution in [3.8, 4) is 0 Å². The van der Waals surface area contributed by atoms with E-state index in [1.807, 2.05) is 18.2 Å². The number of nitrogens with one attached hydrogen (secondary N) is 2. The van der Waals surface area contributed by atoms with Crippen LogP contribution in [0.5, 0.6) is 0 Å². The Bertz CT molecular complexity index is 684. The second-order valence-electron chi connectivity index (χ2n) is 6.33. The van der Waals surface area contributed by atoms with Crippen LogP contribution in [-0.4, -0.2) is 60.5 Å². The summed E-state index contributed by atoms with van der Waals surface area (Å²) in [6.07, 6.45) is 1.56. The normalized spacial score (nSPS) is 18.2. The Morgan fingerprint density at radius 3 is 2.42 bits per heavy atom. The van der Waals surface area contributed by atoms with E-state index in [2.05, 4.69) is 10.6 Å². The zero-order valence-electron chi connectivity index (χ0n) is 14.1. The van der Waals surface area contributed by atoms with Crippen molar-refractivity contribution in [2.75, 3.05) is 32.7 Å². The van der Waals surface area contributed by atoms with Crippen LogP contribution in [0.15, 0.2) is 18.2 Å². The molecule has 2 fully saturated rings. The minimum absolute atomic E-state index is 0.0187. The lowest BCUT2D eigenvalue weighted by Crippen LogP contribution is -2.46. The number of rotatable bonds is 4. The highest BCUT2D eigenvalue weighted by molar-refractivity contribution is 6.36. The molecule has 0 unspecified atom stereocenters. The molecule has 0 bridgehead atoms. The number of hydrogen-bond acceptors (Lipinski definition) is 3. The molecule has 5 amide bonds. The van der Waals surface area contributed by atoms with Gasteiger partial charge in [0.15, 0.2) is 0 Å². The molecule has 0 radical (unpaired) electrons. The van der Waals surface area contributed by atoms with Crippen molar-refractivity contribution in [2.45, 2.75) is 18.8 Å². The van der Waals surface area contributed by atoms with Gasteiger partial charge in [-0.25, -0.2) is 9.59 Å². The minimum atomic E-state index is -0.415. The summed E-state index contributed by atoms with van der Waals surface area (Å²) >= 11 is 12.5. The number of halogens is 2. The SMILES string of the molecule is O=C(NCCN1C(=O)CNC1=O)N1CCC(c2c(Cl)cccc2Cl)CC1. The van der Waals surface area contributed by atoms with Crippen LogP contribution in [0.2, 0.25) is 10.0 Å². The highest BCUT2D eigenvalue weighted by Gasteiger charge is 2.29. The van der Waals surface area contributed by atoms with Gasteiger partial charge in [-0.1, -0.05) is 29.3 Å². The van der Waals surface area contributed by atoms with Crippen LogP contribution in [0.4, 0.5) is 9.59 Å². The van der Waals surface area contributed by atoms with Crippen LogP contribution >= 0.6 is 23.2 Å². The maximum atomic E-state index is 12.3. The second kappa shape index (κ2) is 8.14. The van der Waals surface area contributed by atoms with Gasteiger partial charge in [0, 0.05) is 36.2 Å². The summed E-state index contributed by atoms with van der Waals surface area (Å²) in [7, 11) is 0. The fraction of sp³-hybridized carbons (Fsp3) is 0.471. The van der Waals surface area contributed by atoms with E-state index >= 15 is 0 Å². The molecule has 1 aromatic carbocycles. The first kappa shape index (κ1) is 18.8. The number of amides is 5. The minimum Gasteiger partial charge on any atom is -0.336 e. The molecule has 2 heterocycles. The summed E-state index contributed by atoms with van der Waals surface area (Å²) in [5.74, 6) is -0.0483. The van der Waals surface area contributed by atoms with E-state index in [-0.39, 0.29) is 37.5 Å². The van der Waals surface area contributed by atoms with Crippen molar-refractivity contribution in [2.24, 2.45) is 0 Å². The molecule has 9 heteroatoms. The molecule has 0 atom stereocenters. The number of benzene rings is 1. The molecule has 0 spiro atoms. The Kier molecular flexibility index (Phi) is 5.88. The zero-order valence-corrected chi connectivity index (χ0v) is 15.6. The summed E-state index contributed by atoms with van der Waals surface area (Å²) in [4.78, 5) is 38.0. The lowest BCUT2D eigenvalue weighted by Gasteiger charge is -2.33. The molecular weight excluding hydrogens is 379 g/mol. The summed E-state index contributed by atoms with van der Waals surface area (Å²) in [5, 5.41) is 6.52. The van der Waals surface area contributed by atoms with E-state index in [0.717, 1.165) is 23.3 Å². The lowest BCUT2D eigenvalue weighted by molar-refractivity contribution is -0.124. The molecule has 2 N–H and O–H groups in total. The van der Waals surface area contributed by atoms with E-state index < -0.39 is 6.03 Å². The number of nitrogens with zero attached hydrogens (tertiary/aromatic N) is 2. The van der Waals surface area contributed by atoms with Gasteiger partial charge in [0.25, 0.3) is 0 Å². The molecule has 0 aromatic heterocycles. The van der Waals surface area contributed by atoms with E-state index in [4.69, 9.17) is 23.2 Å². The standard InChI is InChI=1S/C17H20Cl2N4O3/c18-12-2-1-3-13(19)15(12)11-4-7-22(8-5-11)16(25)20-6-9-23-14(24)10-21-17(23)26/h1-3,11H,4-10H2,(H,20,25)(H,21,26). The Hall–Kier alpha value is -1.99. The first-order valence-electron chi connectivity index (χ1n) is 8.52. The number of urea groups is 2. The van der Waals surface area contributed by atoms with E-state index in [0.29, 0.717) is 23.1 Å². The first-order chi connectivity index (χ1) is 12.5. The number of piperidine rings is 1. The predicted molar refractivity (Wildman–Crippen MR) is 98.5 cm³/mol. The van der Waals surface area contributed by atoms with Crippen LogP contribution in [0, 0.1) is 0 Å². The van der Waals surface area contributed by atoms with Crippen LogP contribution in [0.25, 0.3) is 0 Å². The van der Waals surface area contributed by atoms with Gasteiger partial charge in [-0.3, -0.25) is 9.69 Å². The number of hydrogen-bond donors (Lipinski definition) is 2. The number of likely N-dealkylation sites (tertiary alicyclic amines) is 1. The van der Waals surface area contributed by atoms with E-state index in [9.17, 15) is 14.4 Å². The second-order valence-corrected chi connectivity index (χ2v) is 7.15. The average Bonchev–Trinajstić information content (AvgIpc) is 2.94. The van der Waals surface area contributed by atoms with Gasteiger partial charge in [0.2, 0.25) is 5.91 Å². The van der Waals surface area contributed by atoms with Gasteiger partial charge in [0.1, 0.15) is 0 Å². The number of imide groups is 1. The molecule has 2 saturated heterocycles. The van der Waals surface area contributed by atoms with Crippen molar-refractivity contribution in [3.05, 3.63) is 33.8 Å². The molecule has 0 saturated carbocycles. The predicted octanol–water partition coefficient (Wildman–Crippen LogP) is 2.43. The van der Waals surface area contributed by atoms with Gasteiger partial charge in [-0.2, -0.15) is 0 Å². The van der Waals surface area contributed by atoms with Crippen molar-refractivity contribution in [1.82, 2.24) is 20.4 Å². The van der Waals surface area contributed by atoms with Gasteiger partial charge in [-0.05, 0) is 36.5 Å². The fourth-order valence-electron chi connectivity index (χ4n) is 3.34. The monoisotopic (exact) mass is 398 g/mol. The van der Waals surface area contributed by atoms with Gasteiger partial charge >= 0.3 is 12.1 Å². The smallest absolute Gasteiger partial charge is 0.324 e. The molecule has 1 aromatic rings. The average molecular weight is 399 g/mol. The number of carbonyl (C=O) groups excluding carboxylic acids is 3. The first-order valence-corrected chi connectivity index (χ1v) is 9.28. The van der Waals surface area contributed by atoms with Gasteiger partial charge < -0.3 is 15.5 Å². The summed E-state index contributed by atoms with van der Waals surface area (Å²) < 4.78 is 0. The van der Waals surface area contributed by atoms with Crippen molar-refractivity contribution < 1.29 is 14.4 Å². The third-order valence-electron chi connectivity index (χ3n) is 4.74.